The number of carbonyl (C=O) groups is 1. The minimum absolute atomic E-state index is 0.00450. The highest BCUT2D eigenvalue weighted by molar-refractivity contribution is 5.82. The average Bonchev–Trinajstić information content (AvgIpc) is 3.10. The van der Waals surface area contributed by atoms with E-state index in [0.717, 1.165) is 51.1 Å². The van der Waals surface area contributed by atoms with Crippen LogP contribution < -0.4 is 10.1 Å². The quantitative estimate of drug-likeness (QED) is 0.906. The molecular weight excluding hydrogens is 297 g/mol. The number of ether oxygens (including phenoxy) is 1. The van der Waals surface area contributed by atoms with Crippen LogP contribution in [0.25, 0.3) is 0 Å². The Hall–Kier alpha value is -1.66. The highest BCUT2D eigenvalue weighted by Crippen LogP contribution is 2.22. The van der Waals surface area contributed by atoms with Crippen molar-refractivity contribution in [3.63, 3.8) is 0 Å². The van der Waals surface area contributed by atoms with Gasteiger partial charge in [-0.05, 0) is 37.6 Å². The van der Waals surface area contributed by atoms with Crippen LogP contribution in [0.15, 0.2) is 18.2 Å². The van der Waals surface area contributed by atoms with Gasteiger partial charge >= 0.3 is 0 Å². The van der Waals surface area contributed by atoms with Crippen molar-refractivity contribution in [2.75, 3.05) is 39.8 Å². The normalized spacial score (nSPS) is 22.3. The molecule has 2 aliphatic heterocycles. The minimum atomic E-state index is -0.248. The number of nitrogens with one attached hydrogen (secondary N) is 1. The predicted molar refractivity (Wildman–Crippen MR) is 85.8 cm³/mol. The first-order chi connectivity index (χ1) is 11.2. The lowest BCUT2D eigenvalue weighted by molar-refractivity contribution is -0.134. The molecule has 1 atom stereocenters. The summed E-state index contributed by atoms with van der Waals surface area (Å²) < 4.78 is 18.7. The third-order valence-corrected chi connectivity index (χ3v) is 4.68. The molecule has 126 valence electrons. The molecule has 1 amide bonds. The number of amides is 1. The molecule has 0 spiro atoms. The Morgan fingerprint density at radius 3 is 2.78 bits per heavy atom. The second-order valence-corrected chi connectivity index (χ2v) is 6.21. The van der Waals surface area contributed by atoms with Crippen molar-refractivity contribution < 1.29 is 13.9 Å². The molecule has 0 saturated carbocycles. The molecule has 2 fully saturated rings. The number of benzene rings is 1. The highest BCUT2D eigenvalue weighted by Gasteiger charge is 2.29. The number of carbonyl (C=O) groups excluding carboxylic acids is 1. The van der Waals surface area contributed by atoms with Crippen molar-refractivity contribution in [1.82, 2.24) is 15.1 Å². The van der Waals surface area contributed by atoms with E-state index in [4.69, 9.17) is 4.74 Å². The molecule has 1 aromatic carbocycles. The maximum absolute atomic E-state index is 13.4. The van der Waals surface area contributed by atoms with E-state index in [0.29, 0.717) is 12.3 Å². The summed E-state index contributed by atoms with van der Waals surface area (Å²) in [7, 11) is 1.60. The molecule has 1 unspecified atom stereocenters. The number of rotatable bonds is 4. The van der Waals surface area contributed by atoms with Crippen LogP contribution in [-0.2, 0) is 11.3 Å². The second-order valence-electron chi connectivity index (χ2n) is 6.21. The fourth-order valence-corrected chi connectivity index (χ4v) is 3.35. The van der Waals surface area contributed by atoms with E-state index < -0.39 is 0 Å². The second kappa shape index (κ2) is 7.27. The van der Waals surface area contributed by atoms with Gasteiger partial charge < -0.3 is 15.0 Å². The van der Waals surface area contributed by atoms with Crippen LogP contribution in [0.5, 0.6) is 5.75 Å². The van der Waals surface area contributed by atoms with Crippen LogP contribution in [0.4, 0.5) is 4.39 Å². The minimum Gasteiger partial charge on any atom is -0.496 e. The molecule has 0 aliphatic carbocycles. The van der Waals surface area contributed by atoms with Crippen LogP contribution in [-0.4, -0.2) is 61.6 Å². The zero-order chi connectivity index (χ0) is 16.2. The van der Waals surface area contributed by atoms with Crippen molar-refractivity contribution in [2.24, 2.45) is 0 Å². The monoisotopic (exact) mass is 321 g/mol. The van der Waals surface area contributed by atoms with Crippen molar-refractivity contribution in [3.8, 4) is 5.75 Å². The number of hydrogen-bond acceptors (Lipinski definition) is 4. The Labute approximate surface area is 136 Å². The van der Waals surface area contributed by atoms with E-state index in [1.165, 1.54) is 12.1 Å². The van der Waals surface area contributed by atoms with Gasteiger partial charge in [-0.2, -0.15) is 0 Å². The Kier molecular flexibility index (Phi) is 5.13. The summed E-state index contributed by atoms with van der Waals surface area (Å²) in [6, 6.07) is 4.60. The average molecular weight is 321 g/mol. The van der Waals surface area contributed by atoms with Gasteiger partial charge in [0.1, 0.15) is 11.6 Å². The molecule has 2 aliphatic rings. The van der Waals surface area contributed by atoms with Gasteiger partial charge in [-0.1, -0.05) is 0 Å². The summed E-state index contributed by atoms with van der Waals surface area (Å²) in [5.74, 6) is 0.687. The maximum Gasteiger partial charge on any atom is 0.239 e. The highest BCUT2D eigenvalue weighted by atomic mass is 19.1. The van der Waals surface area contributed by atoms with Gasteiger partial charge in [0, 0.05) is 38.3 Å². The molecule has 0 radical (unpaired) electrons. The molecule has 0 bridgehead atoms. The standard InChI is InChI=1S/C17H24FN3O2/c1-23-16-5-4-14(18)11-13(16)12-20-7-9-21(10-8-20)17(22)15-3-2-6-19-15/h4-5,11,15,19H,2-3,6-10,12H2,1H3. The third-order valence-electron chi connectivity index (χ3n) is 4.68. The molecule has 6 heteroatoms. The Balaban J connectivity index is 1.55. The summed E-state index contributed by atoms with van der Waals surface area (Å²) >= 11 is 0. The summed E-state index contributed by atoms with van der Waals surface area (Å²) in [5.41, 5.74) is 0.852. The van der Waals surface area contributed by atoms with Gasteiger partial charge in [0.2, 0.25) is 5.91 Å². The molecule has 1 N–H and O–H groups in total. The van der Waals surface area contributed by atoms with Gasteiger partial charge in [-0.25, -0.2) is 4.39 Å². The van der Waals surface area contributed by atoms with E-state index in [1.807, 2.05) is 4.90 Å². The van der Waals surface area contributed by atoms with Gasteiger partial charge in [-0.15, -0.1) is 0 Å². The summed E-state index contributed by atoms with van der Waals surface area (Å²) in [4.78, 5) is 16.6. The lowest BCUT2D eigenvalue weighted by Gasteiger charge is -2.36. The van der Waals surface area contributed by atoms with Crippen LogP contribution in [0.3, 0.4) is 0 Å². The largest absolute Gasteiger partial charge is 0.496 e. The number of methoxy groups -OCH3 is 1. The van der Waals surface area contributed by atoms with Crippen molar-refractivity contribution in [2.45, 2.75) is 25.4 Å². The fraction of sp³-hybridized carbons (Fsp3) is 0.588. The zero-order valence-corrected chi connectivity index (χ0v) is 13.6. The number of nitrogens with zero attached hydrogens (tertiary/aromatic N) is 2. The van der Waals surface area contributed by atoms with Gasteiger partial charge in [0.05, 0.1) is 13.2 Å². The fourth-order valence-electron chi connectivity index (χ4n) is 3.35. The van der Waals surface area contributed by atoms with Crippen molar-refractivity contribution in [1.29, 1.82) is 0 Å². The first-order valence-corrected chi connectivity index (χ1v) is 8.24. The molecule has 3 rings (SSSR count). The van der Waals surface area contributed by atoms with Gasteiger partial charge in [0.25, 0.3) is 0 Å². The van der Waals surface area contributed by atoms with Gasteiger partial charge in [0.15, 0.2) is 0 Å². The lowest BCUT2D eigenvalue weighted by atomic mass is 10.1. The third kappa shape index (κ3) is 3.82. The van der Waals surface area contributed by atoms with E-state index in [9.17, 15) is 9.18 Å². The van der Waals surface area contributed by atoms with Gasteiger partial charge in [-0.3, -0.25) is 9.69 Å². The van der Waals surface area contributed by atoms with E-state index in [-0.39, 0.29) is 17.8 Å². The lowest BCUT2D eigenvalue weighted by Crippen LogP contribution is -2.52. The molecular formula is C17H24FN3O2. The topological polar surface area (TPSA) is 44.8 Å². The summed E-state index contributed by atoms with van der Waals surface area (Å²) in [5, 5.41) is 3.26. The SMILES string of the molecule is COc1ccc(F)cc1CN1CCN(C(=O)C2CCCN2)CC1. The Bertz CT molecular complexity index is 553. The van der Waals surface area contributed by atoms with Crippen LogP contribution in [0.2, 0.25) is 0 Å². The van der Waals surface area contributed by atoms with E-state index in [2.05, 4.69) is 10.2 Å². The number of hydrogen-bond donors (Lipinski definition) is 1. The molecule has 1 aromatic rings. The number of piperazine rings is 1. The molecule has 0 aromatic heterocycles. The van der Waals surface area contributed by atoms with Crippen molar-refractivity contribution >= 4 is 5.91 Å². The number of halogens is 1. The van der Waals surface area contributed by atoms with Crippen molar-refractivity contribution in [3.05, 3.63) is 29.6 Å². The molecule has 2 heterocycles. The van der Waals surface area contributed by atoms with Crippen LogP contribution in [0, 0.1) is 5.82 Å². The maximum atomic E-state index is 13.4. The smallest absolute Gasteiger partial charge is 0.239 e. The zero-order valence-electron chi connectivity index (χ0n) is 13.6. The van der Waals surface area contributed by atoms with Crippen LogP contribution in [0.1, 0.15) is 18.4 Å². The first-order valence-electron chi connectivity index (χ1n) is 8.24. The molecule has 5 nitrogen and oxygen atoms in total. The summed E-state index contributed by atoms with van der Waals surface area (Å²) in [6.07, 6.45) is 2.02. The first kappa shape index (κ1) is 16.2. The molecule has 23 heavy (non-hydrogen) atoms. The van der Waals surface area contributed by atoms with E-state index >= 15 is 0 Å². The van der Waals surface area contributed by atoms with E-state index in [1.54, 1.807) is 13.2 Å². The summed E-state index contributed by atoms with van der Waals surface area (Å²) in [6.45, 7) is 4.65. The Morgan fingerprint density at radius 1 is 1.35 bits per heavy atom. The van der Waals surface area contributed by atoms with Crippen LogP contribution >= 0.6 is 0 Å². The molecule has 2 saturated heterocycles. The predicted octanol–water partition coefficient (Wildman–Crippen LogP) is 1.23. The Morgan fingerprint density at radius 2 is 2.13 bits per heavy atom.